The largest absolute Gasteiger partial charge is 0.287 e. The average Bonchev–Trinajstić information content (AvgIpc) is 2.12. The van der Waals surface area contributed by atoms with Crippen LogP contribution in [0.5, 0.6) is 0 Å². The van der Waals surface area contributed by atoms with Crippen molar-refractivity contribution in [3.05, 3.63) is 12.3 Å². The van der Waals surface area contributed by atoms with Crippen LogP contribution in [0.25, 0.3) is 0 Å². The second-order valence-corrected chi connectivity index (χ2v) is 1.47. The molecule has 2 N–H and O–H groups in total. The maximum atomic E-state index is 8.67. The van der Waals surface area contributed by atoms with Gasteiger partial charge in [-0.2, -0.15) is 5.10 Å². The molecular weight excluding hydrogens is 106 g/mol. The van der Waals surface area contributed by atoms with E-state index in [1.807, 2.05) is 0 Å². The summed E-state index contributed by atoms with van der Waals surface area (Å²) in [6.07, 6.45) is 1.57. The van der Waals surface area contributed by atoms with Crippen LogP contribution in [0.4, 0.5) is 5.82 Å². The summed E-state index contributed by atoms with van der Waals surface area (Å²) in [6, 6.07) is 1.67. The Bertz CT molecular complexity index is 146. The summed E-state index contributed by atoms with van der Waals surface area (Å²) in [4.78, 5) is 0. The average molecular weight is 113 g/mol. The van der Waals surface area contributed by atoms with E-state index in [1.165, 1.54) is 7.05 Å². The van der Waals surface area contributed by atoms with E-state index in [9.17, 15) is 0 Å². The van der Waals surface area contributed by atoms with E-state index in [-0.39, 0.29) is 0 Å². The van der Waals surface area contributed by atoms with Crippen molar-refractivity contribution < 1.29 is 5.21 Å². The zero-order valence-corrected chi connectivity index (χ0v) is 4.50. The highest BCUT2D eigenvalue weighted by Crippen LogP contribution is 2.00. The molecule has 0 atom stereocenters. The minimum Gasteiger partial charge on any atom is -0.287 e. The molecule has 0 unspecified atom stereocenters. The van der Waals surface area contributed by atoms with Crippen LogP contribution in [0.2, 0.25) is 0 Å². The Hall–Kier alpha value is -1.03. The molecule has 0 aromatic carbocycles. The molecule has 1 rings (SSSR count). The van der Waals surface area contributed by atoms with Gasteiger partial charge in [-0.3, -0.25) is 10.3 Å². The maximum absolute atomic E-state index is 8.67. The van der Waals surface area contributed by atoms with E-state index >= 15 is 0 Å². The van der Waals surface area contributed by atoms with Crippen LogP contribution in [0.15, 0.2) is 12.3 Å². The maximum Gasteiger partial charge on any atom is 0.147 e. The predicted octanol–water partition coefficient (Wildman–Crippen LogP) is 0.235. The summed E-state index contributed by atoms with van der Waals surface area (Å²) in [6.45, 7) is 0. The standard InChI is InChI=1S/C4H7N3O/c1-7(8)4-2-3-5-6-4/h2-3,8H,1H3,(H,5,6). The SMILES string of the molecule is CN(O)c1ccn[nH]1. The van der Waals surface area contributed by atoms with Crippen LogP contribution in [-0.4, -0.2) is 22.5 Å². The first-order valence-corrected chi connectivity index (χ1v) is 2.22. The van der Waals surface area contributed by atoms with Crippen molar-refractivity contribution in [1.82, 2.24) is 10.2 Å². The molecule has 0 aliphatic carbocycles. The third kappa shape index (κ3) is 0.788. The van der Waals surface area contributed by atoms with E-state index in [0.29, 0.717) is 5.82 Å². The zero-order chi connectivity index (χ0) is 5.98. The number of nitrogens with one attached hydrogen (secondary N) is 1. The highest BCUT2D eigenvalue weighted by molar-refractivity contribution is 5.30. The van der Waals surface area contributed by atoms with Gasteiger partial charge < -0.3 is 0 Å². The van der Waals surface area contributed by atoms with Crippen LogP contribution >= 0.6 is 0 Å². The van der Waals surface area contributed by atoms with Crippen molar-refractivity contribution in [2.24, 2.45) is 0 Å². The van der Waals surface area contributed by atoms with E-state index in [1.54, 1.807) is 12.3 Å². The fourth-order valence-electron chi connectivity index (χ4n) is 0.429. The molecule has 44 valence electrons. The molecule has 4 nitrogen and oxygen atoms in total. The molecule has 1 heterocycles. The lowest BCUT2D eigenvalue weighted by molar-refractivity contribution is 0.276. The Kier molecular flexibility index (Phi) is 1.17. The highest BCUT2D eigenvalue weighted by Gasteiger charge is 1.92. The van der Waals surface area contributed by atoms with Gasteiger partial charge in [-0.15, -0.1) is 0 Å². The fraction of sp³-hybridized carbons (Fsp3) is 0.250. The molecule has 0 spiro atoms. The summed E-state index contributed by atoms with van der Waals surface area (Å²) >= 11 is 0. The van der Waals surface area contributed by atoms with Crippen molar-refractivity contribution in [2.45, 2.75) is 0 Å². The van der Waals surface area contributed by atoms with Crippen LogP contribution < -0.4 is 5.06 Å². The molecule has 0 saturated heterocycles. The van der Waals surface area contributed by atoms with Crippen molar-refractivity contribution >= 4 is 5.82 Å². The molecule has 8 heavy (non-hydrogen) atoms. The van der Waals surface area contributed by atoms with Gasteiger partial charge >= 0.3 is 0 Å². The number of hydrogen-bond donors (Lipinski definition) is 2. The Morgan fingerprint density at radius 2 is 2.62 bits per heavy atom. The van der Waals surface area contributed by atoms with Gasteiger partial charge in [0.25, 0.3) is 0 Å². The smallest absolute Gasteiger partial charge is 0.147 e. The number of hydroxylamine groups is 1. The number of aromatic nitrogens is 2. The van der Waals surface area contributed by atoms with Crippen LogP contribution in [0.3, 0.4) is 0 Å². The monoisotopic (exact) mass is 113 g/mol. The van der Waals surface area contributed by atoms with E-state index in [0.717, 1.165) is 5.06 Å². The van der Waals surface area contributed by atoms with Crippen molar-refractivity contribution in [2.75, 3.05) is 12.1 Å². The number of rotatable bonds is 1. The lowest BCUT2D eigenvalue weighted by atomic mass is 10.6. The summed E-state index contributed by atoms with van der Waals surface area (Å²) in [7, 11) is 1.52. The minimum atomic E-state index is 0.588. The normalized spacial score (nSPS) is 9.25. The topological polar surface area (TPSA) is 52.1 Å². The first-order valence-electron chi connectivity index (χ1n) is 2.22. The molecule has 1 aromatic rings. The van der Waals surface area contributed by atoms with Crippen LogP contribution in [0.1, 0.15) is 0 Å². The molecule has 0 radical (unpaired) electrons. The van der Waals surface area contributed by atoms with Crippen molar-refractivity contribution in [3.8, 4) is 0 Å². The first kappa shape index (κ1) is 5.11. The van der Waals surface area contributed by atoms with E-state index in [2.05, 4.69) is 10.2 Å². The van der Waals surface area contributed by atoms with Crippen molar-refractivity contribution in [3.63, 3.8) is 0 Å². The number of nitrogens with zero attached hydrogens (tertiary/aromatic N) is 2. The summed E-state index contributed by atoms with van der Waals surface area (Å²) in [5.74, 6) is 0.588. The lowest BCUT2D eigenvalue weighted by Gasteiger charge is -2.03. The van der Waals surface area contributed by atoms with Gasteiger partial charge in [0.05, 0.1) is 6.20 Å². The predicted molar refractivity (Wildman–Crippen MR) is 28.8 cm³/mol. The van der Waals surface area contributed by atoms with Gasteiger partial charge in [0, 0.05) is 13.1 Å². The molecule has 0 bridgehead atoms. The summed E-state index contributed by atoms with van der Waals surface area (Å²) in [5.41, 5.74) is 0. The van der Waals surface area contributed by atoms with Gasteiger partial charge in [-0.1, -0.05) is 0 Å². The molecule has 1 aromatic heterocycles. The summed E-state index contributed by atoms with van der Waals surface area (Å²) < 4.78 is 0. The van der Waals surface area contributed by atoms with Gasteiger partial charge in [0.15, 0.2) is 0 Å². The van der Waals surface area contributed by atoms with Crippen molar-refractivity contribution in [1.29, 1.82) is 0 Å². The molecule has 0 saturated carbocycles. The first-order chi connectivity index (χ1) is 3.80. The molecule has 0 fully saturated rings. The number of aromatic amines is 1. The molecule has 0 aliphatic rings. The van der Waals surface area contributed by atoms with E-state index in [4.69, 9.17) is 5.21 Å². The Morgan fingerprint density at radius 3 is 2.88 bits per heavy atom. The summed E-state index contributed by atoms with van der Waals surface area (Å²) in [5, 5.41) is 15.8. The lowest BCUT2D eigenvalue weighted by Crippen LogP contribution is -2.09. The zero-order valence-electron chi connectivity index (χ0n) is 4.50. The minimum absolute atomic E-state index is 0.588. The van der Waals surface area contributed by atoms with Gasteiger partial charge in [-0.05, 0) is 0 Å². The second-order valence-electron chi connectivity index (χ2n) is 1.47. The molecule has 0 amide bonds. The number of hydrogen-bond acceptors (Lipinski definition) is 3. The number of H-pyrrole nitrogens is 1. The third-order valence-corrected chi connectivity index (χ3v) is 0.835. The van der Waals surface area contributed by atoms with Gasteiger partial charge in [0.2, 0.25) is 0 Å². The Balaban J connectivity index is 2.77. The van der Waals surface area contributed by atoms with E-state index < -0.39 is 0 Å². The number of anilines is 1. The van der Waals surface area contributed by atoms with Gasteiger partial charge in [0.1, 0.15) is 5.82 Å². The fourth-order valence-corrected chi connectivity index (χ4v) is 0.429. The molecule has 0 aliphatic heterocycles. The Labute approximate surface area is 46.7 Å². The molecular formula is C4H7N3O. The third-order valence-electron chi connectivity index (χ3n) is 0.835. The quantitative estimate of drug-likeness (QED) is 0.513. The highest BCUT2D eigenvalue weighted by atomic mass is 16.5. The van der Waals surface area contributed by atoms with Gasteiger partial charge in [-0.25, -0.2) is 5.06 Å². The second kappa shape index (κ2) is 1.83. The Morgan fingerprint density at radius 1 is 1.88 bits per heavy atom. The molecule has 4 heteroatoms. The van der Waals surface area contributed by atoms with Crippen LogP contribution in [-0.2, 0) is 0 Å². The van der Waals surface area contributed by atoms with Crippen LogP contribution in [0, 0.1) is 0 Å².